The number of ether oxygens (including phenoxy) is 1. The van der Waals surface area contributed by atoms with Crippen LogP contribution in [-0.2, 0) is 16.1 Å². The number of amides is 1. The molecular formula is C22H30N2O2. The first-order valence-electron chi connectivity index (χ1n) is 9.97. The van der Waals surface area contributed by atoms with E-state index in [0.29, 0.717) is 12.5 Å². The first-order valence-corrected chi connectivity index (χ1v) is 9.97. The Hall–Kier alpha value is -1.65. The Bertz CT molecular complexity index is 664. The minimum absolute atomic E-state index is 0.0911. The summed E-state index contributed by atoms with van der Waals surface area (Å²) in [6.45, 7) is 3.27. The number of rotatable bonds is 5. The Kier molecular flexibility index (Phi) is 5.14. The third-order valence-electron chi connectivity index (χ3n) is 6.16. The highest BCUT2D eigenvalue weighted by atomic mass is 16.5. The topological polar surface area (TPSA) is 32.8 Å². The van der Waals surface area contributed by atoms with E-state index >= 15 is 0 Å². The molecule has 2 fully saturated rings. The van der Waals surface area contributed by atoms with Crippen molar-refractivity contribution in [1.82, 2.24) is 9.80 Å². The fourth-order valence-corrected chi connectivity index (χ4v) is 4.52. The third kappa shape index (κ3) is 3.86. The van der Waals surface area contributed by atoms with Crippen molar-refractivity contribution in [1.29, 1.82) is 0 Å². The summed E-state index contributed by atoms with van der Waals surface area (Å²) in [5.74, 6) is 0.286. The molecule has 1 aromatic carbocycles. The van der Waals surface area contributed by atoms with Gasteiger partial charge in [-0.3, -0.25) is 9.69 Å². The second-order valence-corrected chi connectivity index (χ2v) is 8.29. The maximum absolute atomic E-state index is 12.5. The number of allylic oxidation sites excluding steroid dienone is 1. The van der Waals surface area contributed by atoms with Crippen LogP contribution in [0.15, 0.2) is 42.0 Å². The lowest BCUT2D eigenvalue weighted by Crippen LogP contribution is -2.63. The Morgan fingerprint density at radius 2 is 2.08 bits per heavy atom. The maximum Gasteiger partial charge on any atom is 0.226 e. The first-order chi connectivity index (χ1) is 12.6. The summed E-state index contributed by atoms with van der Waals surface area (Å²) in [5.41, 5.74) is 2.59. The summed E-state index contributed by atoms with van der Waals surface area (Å²) in [6, 6.07) is 11.0. The van der Waals surface area contributed by atoms with Gasteiger partial charge in [-0.1, -0.05) is 42.0 Å². The molecule has 1 atom stereocenters. The standard InChI is InChI=1S/C22H30N2O2/c1-23(14-19-10-6-3-7-11-19)20-13-22(26-15-20)16-24(17-22)21(25)12-18-8-4-2-5-9-18/h3,6-8,10-11,20H,2,4-5,9,12-17H2,1H3. The van der Waals surface area contributed by atoms with E-state index in [1.165, 1.54) is 24.0 Å². The second-order valence-electron chi connectivity index (χ2n) is 8.29. The second kappa shape index (κ2) is 7.53. The molecule has 4 nitrogen and oxygen atoms in total. The van der Waals surface area contributed by atoms with E-state index in [-0.39, 0.29) is 11.5 Å². The van der Waals surface area contributed by atoms with E-state index in [0.717, 1.165) is 45.5 Å². The zero-order chi connectivity index (χ0) is 18.0. The number of hydrogen-bond donors (Lipinski definition) is 0. The molecule has 140 valence electrons. The van der Waals surface area contributed by atoms with Crippen LogP contribution in [0.2, 0.25) is 0 Å². The molecule has 1 amide bonds. The fraction of sp³-hybridized carbons (Fsp3) is 0.591. The van der Waals surface area contributed by atoms with Gasteiger partial charge in [0.2, 0.25) is 5.91 Å². The number of benzene rings is 1. The molecule has 1 aliphatic carbocycles. The van der Waals surface area contributed by atoms with Crippen molar-refractivity contribution in [3.8, 4) is 0 Å². The van der Waals surface area contributed by atoms with Gasteiger partial charge < -0.3 is 9.64 Å². The predicted molar refractivity (Wildman–Crippen MR) is 103 cm³/mol. The molecule has 2 aliphatic heterocycles. The molecule has 0 radical (unpaired) electrons. The van der Waals surface area contributed by atoms with Crippen molar-refractivity contribution in [3.05, 3.63) is 47.5 Å². The van der Waals surface area contributed by atoms with Gasteiger partial charge >= 0.3 is 0 Å². The number of carbonyl (C=O) groups is 1. The average Bonchev–Trinajstić information content (AvgIpc) is 3.08. The number of likely N-dealkylation sites (N-methyl/N-ethyl adjacent to an activating group) is 1. The Morgan fingerprint density at radius 3 is 2.81 bits per heavy atom. The van der Waals surface area contributed by atoms with Crippen LogP contribution in [0.25, 0.3) is 0 Å². The molecule has 4 heteroatoms. The van der Waals surface area contributed by atoms with Gasteiger partial charge in [-0.15, -0.1) is 0 Å². The van der Waals surface area contributed by atoms with Crippen LogP contribution in [-0.4, -0.2) is 54.1 Å². The van der Waals surface area contributed by atoms with Gasteiger partial charge in [0.1, 0.15) is 5.60 Å². The Balaban J connectivity index is 1.25. The lowest BCUT2D eigenvalue weighted by atomic mass is 9.88. The summed E-state index contributed by atoms with van der Waals surface area (Å²) < 4.78 is 6.17. The van der Waals surface area contributed by atoms with Crippen LogP contribution < -0.4 is 0 Å². The molecule has 1 spiro atoms. The third-order valence-corrected chi connectivity index (χ3v) is 6.16. The summed E-state index contributed by atoms with van der Waals surface area (Å²) in [6.07, 6.45) is 8.68. The lowest BCUT2D eigenvalue weighted by molar-refractivity contribution is -0.157. The SMILES string of the molecule is CN(Cc1ccccc1)C1COC2(C1)CN(C(=O)CC1=CCCCC1)C2. The van der Waals surface area contributed by atoms with E-state index in [1.54, 1.807) is 0 Å². The molecule has 2 saturated heterocycles. The van der Waals surface area contributed by atoms with E-state index in [2.05, 4.69) is 48.4 Å². The zero-order valence-electron chi connectivity index (χ0n) is 15.8. The van der Waals surface area contributed by atoms with E-state index in [9.17, 15) is 4.79 Å². The average molecular weight is 354 g/mol. The van der Waals surface area contributed by atoms with Gasteiger partial charge in [0, 0.05) is 19.0 Å². The van der Waals surface area contributed by atoms with Crippen LogP contribution in [0.3, 0.4) is 0 Å². The van der Waals surface area contributed by atoms with Gasteiger partial charge in [-0.25, -0.2) is 0 Å². The Morgan fingerprint density at radius 1 is 1.27 bits per heavy atom. The van der Waals surface area contributed by atoms with Gasteiger partial charge in [-0.05, 0) is 44.7 Å². The molecule has 0 saturated carbocycles. The van der Waals surface area contributed by atoms with Crippen LogP contribution in [0.4, 0.5) is 0 Å². The molecule has 0 aromatic heterocycles. The zero-order valence-corrected chi connectivity index (χ0v) is 15.8. The fourth-order valence-electron chi connectivity index (χ4n) is 4.52. The van der Waals surface area contributed by atoms with Gasteiger partial charge in [0.05, 0.1) is 19.7 Å². The number of hydrogen-bond acceptors (Lipinski definition) is 3. The monoisotopic (exact) mass is 354 g/mol. The van der Waals surface area contributed by atoms with Gasteiger partial charge in [0.15, 0.2) is 0 Å². The van der Waals surface area contributed by atoms with Crippen LogP contribution in [0, 0.1) is 0 Å². The highest BCUT2D eigenvalue weighted by Crippen LogP contribution is 2.37. The smallest absolute Gasteiger partial charge is 0.226 e. The highest BCUT2D eigenvalue weighted by Gasteiger charge is 2.51. The summed E-state index contributed by atoms with van der Waals surface area (Å²) >= 11 is 0. The van der Waals surface area contributed by atoms with Crippen molar-refractivity contribution in [2.75, 3.05) is 26.7 Å². The lowest BCUT2D eigenvalue weighted by Gasteiger charge is -2.47. The Labute approximate surface area is 156 Å². The van der Waals surface area contributed by atoms with E-state index < -0.39 is 0 Å². The summed E-state index contributed by atoms with van der Waals surface area (Å²) in [7, 11) is 2.18. The normalized spacial score (nSPS) is 24.6. The molecule has 4 rings (SSSR count). The molecular weight excluding hydrogens is 324 g/mol. The molecule has 1 unspecified atom stereocenters. The first kappa shape index (κ1) is 17.7. The minimum Gasteiger partial charge on any atom is -0.370 e. The molecule has 0 bridgehead atoms. The largest absolute Gasteiger partial charge is 0.370 e. The van der Waals surface area contributed by atoms with Crippen molar-refractivity contribution >= 4 is 5.91 Å². The van der Waals surface area contributed by atoms with Crippen molar-refractivity contribution < 1.29 is 9.53 Å². The van der Waals surface area contributed by atoms with E-state index in [1.807, 2.05) is 4.90 Å². The highest BCUT2D eigenvalue weighted by molar-refractivity contribution is 5.80. The summed E-state index contributed by atoms with van der Waals surface area (Å²) in [4.78, 5) is 16.9. The van der Waals surface area contributed by atoms with E-state index in [4.69, 9.17) is 4.74 Å². The molecule has 1 aromatic rings. The number of likely N-dealkylation sites (tertiary alicyclic amines) is 1. The van der Waals surface area contributed by atoms with Crippen LogP contribution in [0.1, 0.15) is 44.1 Å². The van der Waals surface area contributed by atoms with Crippen molar-refractivity contribution in [3.63, 3.8) is 0 Å². The molecule has 3 aliphatic rings. The van der Waals surface area contributed by atoms with Gasteiger partial charge in [-0.2, -0.15) is 0 Å². The van der Waals surface area contributed by atoms with Gasteiger partial charge in [0.25, 0.3) is 0 Å². The maximum atomic E-state index is 12.5. The number of nitrogens with zero attached hydrogens (tertiary/aromatic N) is 2. The minimum atomic E-state index is -0.0911. The van der Waals surface area contributed by atoms with Crippen molar-refractivity contribution in [2.45, 2.75) is 56.7 Å². The number of carbonyl (C=O) groups excluding carboxylic acids is 1. The van der Waals surface area contributed by atoms with Crippen molar-refractivity contribution in [2.24, 2.45) is 0 Å². The quantitative estimate of drug-likeness (QED) is 0.760. The predicted octanol–water partition coefficient (Wildman–Crippen LogP) is 3.38. The molecule has 0 N–H and O–H groups in total. The molecule has 2 heterocycles. The summed E-state index contributed by atoms with van der Waals surface area (Å²) in [5, 5.41) is 0. The van der Waals surface area contributed by atoms with Crippen LogP contribution >= 0.6 is 0 Å². The molecule has 26 heavy (non-hydrogen) atoms. The van der Waals surface area contributed by atoms with Crippen LogP contribution in [0.5, 0.6) is 0 Å².